The van der Waals surface area contributed by atoms with Gasteiger partial charge < -0.3 is 24.9 Å². The molecule has 2 amide bonds. The van der Waals surface area contributed by atoms with Gasteiger partial charge in [-0.1, -0.05) is 51.5 Å². The third-order valence-corrected chi connectivity index (χ3v) is 6.35. The molecule has 3 aromatic carbocycles. The van der Waals surface area contributed by atoms with Gasteiger partial charge in [-0.05, 0) is 43.7 Å². The van der Waals surface area contributed by atoms with Gasteiger partial charge in [0.25, 0.3) is 0 Å². The second kappa shape index (κ2) is 13.4. The van der Waals surface area contributed by atoms with Crippen LogP contribution in [0.15, 0.2) is 48.5 Å². The maximum Gasteiger partial charge on any atom is 0.471 e. The molecule has 1 N–H and O–H groups in total. The summed E-state index contributed by atoms with van der Waals surface area (Å²) in [4.78, 5) is 36.1. The van der Waals surface area contributed by atoms with Gasteiger partial charge in [-0.15, -0.1) is 5.69 Å². The first-order chi connectivity index (χ1) is 20.1. The number of benzene rings is 3. The van der Waals surface area contributed by atoms with Crippen LogP contribution in [0.4, 0.5) is 37.7 Å². The number of amides is 2. The number of fused-ring (bicyclic) bond motifs is 6. The van der Waals surface area contributed by atoms with Crippen molar-refractivity contribution in [2.45, 2.75) is 59.5 Å². The van der Waals surface area contributed by atoms with E-state index in [0.29, 0.717) is 5.56 Å². The first-order valence-electron chi connectivity index (χ1n) is 13.1. The Kier molecular flexibility index (Phi) is 11.1. The van der Waals surface area contributed by atoms with Gasteiger partial charge in [0.1, 0.15) is 11.5 Å². The molecule has 14 heteroatoms. The van der Waals surface area contributed by atoms with Crippen LogP contribution in [0, 0.1) is 13.8 Å². The van der Waals surface area contributed by atoms with Gasteiger partial charge in [0, 0.05) is 49.5 Å². The average Bonchev–Trinajstić information content (AvgIpc) is 3.25. The van der Waals surface area contributed by atoms with Gasteiger partial charge in [0.15, 0.2) is 11.5 Å². The van der Waals surface area contributed by atoms with Crippen molar-refractivity contribution in [1.82, 2.24) is 0 Å². The van der Waals surface area contributed by atoms with Crippen LogP contribution in [0.25, 0.3) is 5.32 Å². The Bertz CT molecular complexity index is 1500. The maximum absolute atomic E-state index is 12.9. The molecule has 2 aliphatic rings. The minimum Gasteiger partial charge on any atom is -0.619 e. The van der Waals surface area contributed by atoms with Crippen molar-refractivity contribution < 1.29 is 71.3 Å². The molecule has 1 unspecified atom stereocenters. The smallest absolute Gasteiger partial charge is 0.471 e. The van der Waals surface area contributed by atoms with Crippen LogP contribution in [-0.4, -0.2) is 30.1 Å². The van der Waals surface area contributed by atoms with Crippen molar-refractivity contribution >= 4 is 29.2 Å². The topological polar surface area (TPSA) is 95.8 Å². The van der Waals surface area contributed by atoms with E-state index in [1.165, 1.54) is 32.0 Å². The predicted molar refractivity (Wildman–Crippen MR) is 146 cm³/mol. The Morgan fingerprint density at radius 2 is 1.34 bits per heavy atom. The molecule has 2 heterocycles. The van der Waals surface area contributed by atoms with Crippen LogP contribution >= 0.6 is 0 Å². The standard InChI is InChI=1S/C26H16F6N2O5.2C2H6.W/c1-11-7-15-19(9-17(11)33-22(36)25(27,28)29)38-20-10-18(34-23(37)26(30,31)32)12(2)8-16(20)24(15)14-6-4-3-5-13(14)21(35)39-24;2*1-2;/h3-10H,1-2H3,(H2,33,34,36,37);2*1-2H3;/p-1. The second-order valence-corrected chi connectivity index (χ2v) is 8.88. The number of anilines is 1. The fourth-order valence-corrected chi connectivity index (χ4v) is 4.59. The number of ether oxygens (including phenoxy) is 2. The Hall–Kier alpha value is -3.86. The summed E-state index contributed by atoms with van der Waals surface area (Å²) >= 11 is 0. The van der Waals surface area contributed by atoms with Crippen LogP contribution in [0.1, 0.15) is 65.9 Å². The van der Waals surface area contributed by atoms with Crippen LogP contribution in [0.3, 0.4) is 0 Å². The van der Waals surface area contributed by atoms with Crippen molar-refractivity contribution in [3.05, 3.63) is 87.2 Å². The van der Waals surface area contributed by atoms with Gasteiger partial charge in [-0.3, -0.25) is 4.79 Å². The predicted octanol–water partition coefficient (Wildman–Crippen LogP) is 8.52. The molecule has 5 rings (SSSR count). The monoisotopic (exact) mass is 793 g/mol. The molecular weight excluding hydrogens is 766 g/mol. The van der Waals surface area contributed by atoms with Crippen LogP contribution in [0.2, 0.25) is 0 Å². The molecule has 0 aliphatic carbocycles. The minimum absolute atomic E-state index is 0. The summed E-state index contributed by atoms with van der Waals surface area (Å²) in [5, 5.41) is 4.89. The van der Waals surface area contributed by atoms with Gasteiger partial charge in [0.2, 0.25) is 0 Å². The van der Waals surface area contributed by atoms with E-state index in [2.05, 4.69) is 5.32 Å². The van der Waals surface area contributed by atoms with E-state index in [-0.39, 0.29) is 71.8 Å². The number of nitrogens with zero attached hydrogens (tertiary/aromatic N) is 1. The molecule has 0 radical (unpaired) electrons. The summed E-state index contributed by atoms with van der Waals surface area (Å²) in [5.74, 6) is -5.64. The molecule has 0 bridgehead atoms. The number of carbonyl (C=O) groups excluding carboxylic acids is 3. The van der Waals surface area contributed by atoms with Crippen molar-refractivity contribution in [2.75, 3.05) is 5.32 Å². The largest absolute Gasteiger partial charge is 0.619 e. The van der Waals surface area contributed by atoms with E-state index < -0.39 is 35.7 Å². The van der Waals surface area contributed by atoms with Crippen LogP contribution < -0.4 is 10.1 Å². The molecule has 0 fully saturated rings. The first-order valence-corrected chi connectivity index (χ1v) is 13.1. The van der Waals surface area contributed by atoms with Crippen molar-refractivity contribution in [3.63, 3.8) is 0 Å². The van der Waals surface area contributed by atoms with Crippen molar-refractivity contribution in [3.8, 4) is 11.5 Å². The molecule has 3 aromatic rings. The number of rotatable bonds is 2. The summed E-state index contributed by atoms with van der Waals surface area (Å²) in [7, 11) is 0. The quantitative estimate of drug-likeness (QED) is 0.208. The molecule has 236 valence electrons. The Morgan fingerprint density at radius 3 is 1.91 bits per heavy atom. The molecular formula is C30H27F6N2O5W-. The van der Waals surface area contributed by atoms with E-state index in [0.717, 1.165) is 12.1 Å². The van der Waals surface area contributed by atoms with E-state index in [4.69, 9.17) is 9.47 Å². The molecule has 0 aromatic heterocycles. The zero-order valence-corrected chi connectivity index (χ0v) is 27.2. The number of carbonyl (C=O) groups is 3. The molecule has 1 spiro atoms. The normalized spacial score (nSPS) is 15.8. The van der Waals surface area contributed by atoms with E-state index in [1.54, 1.807) is 23.5 Å². The summed E-state index contributed by atoms with van der Waals surface area (Å²) in [6.45, 7) is 10.8. The van der Waals surface area contributed by atoms with Gasteiger partial charge in [-0.25, -0.2) is 4.79 Å². The summed E-state index contributed by atoms with van der Waals surface area (Å²) in [6.07, 6.45) is -10.4. The van der Waals surface area contributed by atoms with E-state index in [1.807, 2.05) is 27.7 Å². The molecule has 1 atom stereocenters. The van der Waals surface area contributed by atoms with Crippen LogP contribution in [0.5, 0.6) is 11.5 Å². The summed E-state index contributed by atoms with van der Waals surface area (Å²) in [6, 6.07) is 11.2. The van der Waals surface area contributed by atoms with E-state index in [9.17, 15) is 40.7 Å². The number of aryl methyl sites for hydroxylation is 2. The third kappa shape index (κ3) is 6.47. The van der Waals surface area contributed by atoms with Crippen LogP contribution in [-0.2, 0) is 41.0 Å². The van der Waals surface area contributed by atoms with Gasteiger partial charge in [0.05, 0.1) is 5.56 Å². The van der Waals surface area contributed by atoms with Crippen molar-refractivity contribution in [1.29, 1.82) is 0 Å². The molecule has 7 nitrogen and oxygen atoms in total. The SMILES string of the molecule is CC.CC.Cc1cc2c(cc1[N-]C(=O)C(F)(F)F)Oc1cc(NC(=O)C(F)(F)F)c(C)cc1C21OC(=O)c2ccccc21.[W]. The van der Waals surface area contributed by atoms with Crippen molar-refractivity contribution in [2.24, 2.45) is 0 Å². The van der Waals surface area contributed by atoms with Gasteiger partial charge >= 0.3 is 24.2 Å². The van der Waals surface area contributed by atoms with Gasteiger partial charge in [-0.2, -0.15) is 26.3 Å². The maximum atomic E-state index is 12.9. The Morgan fingerprint density at radius 1 is 0.795 bits per heavy atom. The number of alkyl halides is 6. The Labute approximate surface area is 263 Å². The van der Waals surface area contributed by atoms with E-state index >= 15 is 0 Å². The molecule has 0 saturated carbocycles. The first kappa shape index (κ1) is 36.3. The fraction of sp³-hybridized carbons (Fsp3) is 0.300. The summed E-state index contributed by atoms with van der Waals surface area (Å²) in [5.41, 5.74) is -1.12. The number of esters is 1. The number of hydrogen-bond acceptors (Lipinski definition) is 5. The second-order valence-electron chi connectivity index (χ2n) is 8.88. The molecule has 44 heavy (non-hydrogen) atoms. The number of halogens is 6. The minimum atomic E-state index is -5.24. The zero-order chi connectivity index (χ0) is 32.5. The fourth-order valence-electron chi connectivity index (χ4n) is 4.59. The molecule has 0 saturated heterocycles. The Balaban J connectivity index is 0.00000130. The molecule has 2 aliphatic heterocycles. The number of hydrogen-bond donors (Lipinski definition) is 1. The number of nitrogens with one attached hydrogen (secondary N) is 1. The third-order valence-electron chi connectivity index (χ3n) is 6.35. The zero-order valence-electron chi connectivity index (χ0n) is 24.3. The summed E-state index contributed by atoms with van der Waals surface area (Å²) < 4.78 is 89.1. The average molecular weight is 793 g/mol.